The van der Waals surface area contributed by atoms with E-state index >= 15 is 0 Å². The van der Waals surface area contributed by atoms with E-state index in [9.17, 15) is 0 Å². The minimum Gasteiger partial charge on any atom is -0.469 e. The quantitative estimate of drug-likeness (QED) is 0.148. The molecule has 1 fully saturated rings. The van der Waals surface area contributed by atoms with Crippen LogP contribution in [0.2, 0.25) is 0 Å². The van der Waals surface area contributed by atoms with Crippen molar-refractivity contribution >= 4 is 17.0 Å². The molecule has 2 aliphatic rings. The zero-order valence-corrected chi connectivity index (χ0v) is 73.0. The van der Waals surface area contributed by atoms with Crippen molar-refractivity contribution in [3.05, 3.63) is 236 Å². The van der Waals surface area contributed by atoms with Crippen LogP contribution >= 0.6 is 11.3 Å². The molecule has 8 aromatic rings. The summed E-state index contributed by atoms with van der Waals surface area (Å²) in [6, 6.07) is 24.6. The summed E-state index contributed by atoms with van der Waals surface area (Å²) in [4.78, 5) is 30.6. The Labute approximate surface area is 635 Å². The first-order valence-corrected chi connectivity index (χ1v) is 38.2. The number of thiophene rings is 1. The number of aryl methyl sites for hydroxylation is 2. The SMILES string of the molecule is CC(C)(C)C1=NCC=C1.CC(C)(C)C1CCCO1.CC(C)(C)c1ccccn1.CC(C)(C)c1cccnc1.CC(C)(C)c1ccco1.CC(C)(C)c1cccs1.CC(C)(C)c1ccncc1.CC(C)(C)c1cnccn1.Cc1c(C)c(C)c(C(C)(C)C)c(C)c1C.Cc1cc(C(C)(C)C)cnc1C. The molecule has 9 nitrogen and oxygen atoms in total. The third kappa shape index (κ3) is 36.7. The first-order chi connectivity index (χ1) is 46.9. The molecule has 0 amide bonds. The van der Waals surface area contributed by atoms with Crippen molar-refractivity contribution in [1.29, 1.82) is 0 Å². The largest absolute Gasteiger partial charge is 0.469 e. The molecule has 570 valence electrons. The van der Waals surface area contributed by atoms with E-state index in [-0.39, 0.29) is 43.3 Å². The molecule has 10 rings (SSSR count). The summed E-state index contributed by atoms with van der Waals surface area (Å²) in [5.74, 6) is 1.04. The second-order valence-corrected chi connectivity index (χ2v) is 38.6. The summed E-state index contributed by atoms with van der Waals surface area (Å²) in [6.07, 6.45) is 25.3. The second kappa shape index (κ2) is 41.2. The van der Waals surface area contributed by atoms with Gasteiger partial charge in [0.1, 0.15) is 5.76 Å². The Morgan fingerprint density at radius 2 is 0.951 bits per heavy atom. The van der Waals surface area contributed by atoms with Gasteiger partial charge in [0.15, 0.2) is 0 Å². The maximum absolute atomic E-state index is 5.52. The van der Waals surface area contributed by atoms with Gasteiger partial charge in [-0.1, -0.05) is 238 Å². The number of rotatable bonds is 0. The van der Waals surface area contributed by atoms with Crippen LogP contribution in [-0.4, -0.2) is 54.9 Å². The minimum absolute atomic E-state index is 0.119. The fourth-order valence-electron chi connectivity index (χ4n) is 10.4. The molecule has 103 heavy (non-hydrogen) atoms. The van der Waals surface area contributed by atoms with Crippen molar-refractivity contribution in [3.8, 4) is 0 Å². The van der Waals surface area contributed by atoms with Gasteiger partial charge >= 0.3 is 0 Å². The van der Waals surface area contributed by atoms with Gasteiger partial charge in [-0.3, -0.25) is 34.9 Å². The Balaban J connectivity index is 0.000000574. The molecule has 0 spiro atoms. The molecule has 0 bridgehead atoms. The van der Waals surface area contributed by atoms with Gasteiger partial charge in [0, 0.05) is 106 Å². The number of benzene rings is 1. The maximum atomic E-state index is 5.52. The number of ether oxygens (including phenoxy) is 1. The van der Waals surface area contributed by atoms with Gasteiger partial charge in [-0.2, -0.15) is 0 Å². The van der Waals surface area contributed by atoms with Crippen molar-refractivity contribution in [3.63, 3.8) is 0 Å². The monoisotopic (exact) mass is 1420 g/mol. The van der Waals surface area contributed by atoms with Crippen molar-refractivity contribution in [1.82, 2.24) is 29.9 Å². The summed E-state index contributed by atoms with van der Waals surface area (Å²) < 4.78 is 10.7. The average molecular weight is 1430 g/mol. The summed E-state index contributed by atoms with van der Waals surface area (Å²) >= 11 is 1.83. The molecule has 0 aliphatic carbocycles. The smallest absolute Gasteiger partial charge is 0.109 e. The zero-order chi connectivity index (χ0) is 79.4. The number of aromatic nitrogens is 6. The number of nitrogens with zero attached hydrogens (tertiary/aromatic N) is 7. The van der Waals surface area contributed by atoms with E-state index in [4.69, 9.17) is 9.15 Å². The van der Waals surface area contributed by atoms with Gasteiger partial charge in [0.2, 0.25) is 0 Å². The van der Waals surface area contributed by atoms with Crippen LogP contribution in [-0.2, 0) is 48.1 Å². The van der Waals surface area contributed by atoms with Crippen LogP contribution in [0.4, 0.5) is 0 Å². The number of allylic oxidation sites excluding steroid dienone is 1. The molecule has 7 aromatic heterocycles. The second-order valence-electron chi connectivity index (χ2n) is 37.6. The van der Waals surface area contributed by atoms with Crippen LogP contribution < -0.4 is 0 Å². The number of pyridine rings is 4. The van der Waals surface area contributed by atoms with E-state index in [0.717, 1.165) is 36.0 Å². The molecular formula is C93H145N7O2S. The minimum atomic E-state index is 0.119. The number of hydrogen-bond acceptors (Lipinski definition) is 10. The van der Waals surface area contributed by atoms with Gasteiger partial charge in [-0.25, -0.2) is 0 Å². The molecular weight excluding hydrogens is 1280 g/mol. The predicted octanol–water partition coefficient (Wildman–Crippen LogP) is 26.3. The van der Waals surface area contributed by atoms with Crippen LogP contribution in [0.15, 0.2) is 162 Å². The molecule has 1 aromatic carbocycles. The Hall–Kier alpha value is -6.75. The van der Waals surface area contributed by atoms with E-state index in [0.29, 0.717) is 16.9 Å². The molecule has 10 heteroatoms. The van der Waals surface area contributed by atoms with E-state index < -0.39 is 0 Å². The average Bonchev–Trinajstić information content (AvgIpc) is 1.51. The third-order valence-electron chi connectivity index (χ3n) is 17.6. The van der Waals surface area contributed by atoms with Gasteiger partial charge in [-0.05, 0) is 209 Å². The summed E-state index contributed by atoms with van der Waals surface area (Å²) in [6.45, 7) is 83.1. The van der Waals surface area contributed by atoms with Crippen molar-refractivity contribution in [2.45, 2.75) is 318 Å². The fraction of sp³-hybridized carbons (Fsp3) is 0.559. The molecule has 2 aliphatic heterocycles. The predicted molar refractivity (Wildman–Crippen MR) is 451 cm³/mol. The lowest BCUT2D eigenvalue weighted by molar-refractivity contribution is 0.0290. The van der Waals surface area contributed by atoms with Crippen LogP contribution in [0.1, 0.15) is 304 Å². The number of hydrogen-bond donors (Lipinski definition) is 0. The molecule has 0 N–H and O–H groups in total. The Kier molecular flexibility index (Phi) is 37.7. The highest BCUT2D eigenvalue weighted by molar-refractivity contribution is 7.10. The van der Waals surface area contributed by atoms with Crippen molar-refractivity contribution in [2.24, 2.45) is 15.8 Å². The van der Waals surface area contributed by atoms with Crippen LogP contribution in [0, 0.1) is 59.3 Å². The number of aliphatic imine (C=N–C) groups is 1. The zero-order valence-electron chi connectivity index (χ0n) is 72.2. The fourth-order valence-corrected chi connectivity index (χ4v) is 11.2. The van der Waals surface area contributed by atoms with Crippen LogP contribution in [0.5, 0.6) is 0 Å². The first-order valence-electron chi connectivity index (χ1n) is 37.3. The highest BCUT2D eigenvalue weighted by Crippen LogP contribution is 2.35. The van der Waals surface area contributed by atoms with E-state index in [2.05, 4.69) is 344 Å². The lowest BCUT2D eigenvalue weighted by Gasteiger charge is -2.28. The van der Waals surface area contributed by atoms with Gasteiger partial charge in [0.05, 0.1) is 24.6 Å². The van der Waals surface area contributed by atoms with E-state index in [1.165, 1.54) is 79.1 Å². The van der Waals surface area contributed by atoms with E-state index in [1.54, 1.807) is 31.1 Å². The Bertz CT molecular complexity index is 3390. The standard InChI is InChI=1S/C15H24.C11H17N.3C9H13N.C8H12N2.C8H13N.C8H16O.C8H12O.C8H12S/c1-9-10(2)12(4)14(15(6,7)8)13(5)11(9)3;1-8-6-10(11(3,4)5)7-12-9(8)2;1-9(2,3)8-4-6-10-7-5-8;1-9(2,3)8-5-4-6-10-7-8;1-9(2,3)8-6-4-5-7-10-8;1-8(2,3)7-6-9-4-5-10-7;4*1-8(2,3)7-5-4-6-9-7/h1-8H3;6-7H,1-5H3;3*4-7H,1-3H3;4-6H,1-3H3;4-5H,6H2,1-3H3;7H,4-6H2,1-3H3;2*4-6H,1-3H3. The van der Waals surface area contributed by atoms with Crippen LogP contribution in [0.3, 0.4) is 0 Å². The molecule has 1 atom stereocenters. The summed E-state index contributed by atoms with van der Waals surface area (Å²) in [7, 11) is 0. The topological polar surface area (TPSA) is 112 Å². The third-order valence-corrected chi connectivity index (χ3v) is 18.9. The Morgan fingerprint density at radius 1 is 0.408 bits per heavy atom. The van der Waals surface area contributed by atoms with Gasteiger partial charge in [-0.15, -0.1) is 11.3 Å². The van der Waals surface area contributed by atoms with Gasteiger partial charge < -0.3 is 9.15 Å². The molecule has 1 saturated heterocycles. The number of furan rings is 1. The van der Waals surface area contributed by atoms with Crippen LogP contribution in [0.25, 0.3) is 0 Å². The first kappa shape index (κ1) is 94.3. The lowest BCUT2D eigenvalue weighted by atomic mass is 9.77. The van der Waals surface area contributed by atoms with Crippen molar-refractivity contribution < 1.29 is 9.15 Å². The maximum Gasteiger partial charge on any atom is 0.109 e. The summed E-state index contributed by atoms with van der Waals surface area (Å²) in [5.41, 5.74) is 21.0. The molecule has 0 radical (unpaired) electrons. The highest BCUT2D eigenvalue weighted by Gasteiger charge is 2.28. The normalized spacial score (nSPS) is 13.8. The van der Waals surface area contributed by atoms with Gasteiger partial charge in [0.25, 0.3) is 0 Å². The highest BCUT2D eigenvalue weighted by atomic mass is 32.1. The molecule has 1 unspecified atom stereocenters. The lowest BCUT2D eigenvalue weighted by Crippen LogP contribution is -2.24. The summed E-state index contributed by atoms with van der Waals surface area (Å²) in [5, 5.41) is 2.13. The van der Waals surface area contributed by atoms with E-state index in [1.807, 2.05) is 79.6 Å². The molecule has 9 heterocycles. The Morgan fingerprint density at radius 3 is 1.23 bits per heavy atom. The van der Waals surface area contributed by atoms with Crippen molar-refractivity contribution in [2.75, 3.05) is 13.2 Å². The molecule has 0 saturated carbocycles.